The molecular formula is C13H20ClNS. The van der Waals surface area contributed by atoms with Crippen molar-refractivity contribution < 1.29 is 0 Å². The van der Waals surface area contributed by atoms with Crippen LogP contribution in [0, 0.1) is 5.92 Å². The molecular weight excluding hydrogens is 238 g/mol. The van der Waals surface area contributed by atoms with Crippen molar-refractivity contribution in [3.05, 3.63) is 21.9 Å². The molecule has 0 amide bonds. The van der Waals surface area contributed by atoms with Gasteiger partial charge in [-0.3, -0.25) is 4.90 Å². The van der Waals surface area contributed by atoms with Gasteiger partial charge < -0.3 is 0 Å². The summed E-state index contributed by atoms with van der Waals surface area (Å²) in [4.78, 5) is 5.52. The fourth-order valence-electron chi connectivity index (χ4n) is 2.43. The van der Waals surface area contributed by atoms with Crippen molar-refractivity contribution in [1.29, 1.82) is 0 Å². The molecule has 0 saturated carbocycles. The number of hydrogen-bond acceptors (Lipinski definition) is 2. The van der Waals surface area contributed by atoms with Crippen LogP contribution < -0.4 is 0 Å². The standard InChI is InChI=1S/C13H20ClNS/c1-3-11-4-5-12(16-11)9-15-7-6-10(2)13(15)8-14/h4-5,10,13H,3,6-9H2,1-2H3. The third-order valence-electron chi connectivity index (χ3n) is 3.58. The predicted octanol–water partition coefficient (Wildman–Crippen LogP) is 3.76. The minimum atomic E-state index is 0.578. The smallest absolute Gasteiger partial charge is 0.0382 e. The molecule has 1 nitrogen and oxygen atoms in total. The SMILES string of the molecule is CCc1ccc(CN2CCC(C)C2CCl)s1. The van der Waals surface area contributed by atoms with E-state index in [0.29, 0.717) is 6.04 Å². The van der Waals surface area contributed by atoms with Crippen LogP contribution in [0.3, 0.4) is 0 Å². The summed E-state index contributed by atoms with van der Waals surface area (Å²) >= 11 is 8.01. The molecule has 0 radical (unpaired) electrons. The Morgan fingerprint density at radius 1 is 1.44 bits per heavy atom. The molecule has 1 aliphatic heterocycles. The van der Waals surface area contributed by atoms with Gasteiger partial charge in [-0.05, 0) is 37.4 Å². The molecule has 1 fully saturated rings. The Kier molecular flexibility index (Phi) is 4.28. The topological polar surface area (TPSA) is 3.24 Å². The average Bonchev–Trinajstić information content (AvgIpc) is 2.86. The number of thiophene rings is 1. The minimum absolute atomic E-state index is 0.578. The molecule has 3 heteroatoms. The normalized spacial score (nSPS) is 26.4. The first-order chi connectivity index (χ1) is 7.74. The highest BCUT2D eigenvalue weighted by molar-refractivity contribution is 7.11. The molecule has 0 aliphatic carbocycles. The molecule has 2 rings (SSSR count). The van der Waals surface area contributed by atoms with Gasteiger partial charge in [0.1, 0.15) is 0 Å². The Labute approximate surface area is 107 Å². The van der Waals surface area contributed by atoms with Crippen molar-refractivity contribution in [2.45, 2.75) is 39.3 Å². The lowest BCUT2D eigenvalue weighted by Crippen LogP contribution is -2.32. The molecule has 0 bridgehead atoms. The number of alkyl halides is 1. The zero-order chi connectivity index (χ0) is 11.5. The molecule has 16 heavy (non-hydrogen) atoms. The monoisotopic (exact) mass is 257 g/mol. The first-order valence-electron chi connectivity index (χ1n) is 6.12. The van der Waals surface area contributed by atoms with Crippen LogP contribution in [0.2, 0.25) is 0 Å². The van der Waals surface area contributed by atoms with Gasteiger partial charge in [-0.1, -0.05) is 13.8 Å². The Balaban J connectivity index is 1.98. The lowest BCUT2D eigenvalue weighted by atomic mass is 10.1. The fourth-order valence-corrected chi connectivity index (χ4v) is 3.91. The number of aryl methyl sites for hydroxylation is 1. The summed E-state index contributed by atoms with van der Waals surface area (Å²) in [6.07, 6.45) is 2.45. The van der Waals surface area contributed by atoms with Crippen molar-refractivity contribution in [1.82, 2.24) is 4.90 Å². The Hall–Kier alpha value is -0.0500. The highest BCUT2D eigenvalue weighted by atomic mass is 35.5. The Morgan fingerprint density at radius 3 is 2.81 bits per heavy atom. The van der Waals surface area contributed by atoms with Gasteiger partial charge in [0, 0.05) is 28.2 Å². The maximum Gasteiger partial charge on any atom is 0.0382 e. The van der Waals surface area contributed by atoms with Gasteiger partial charge in [-0.25, -0.2) is 0 Å². The fraction of sp³-hybridized carbons (Fsp3) is 0.692. The van der Waals surface area contributed by atoms with Crippen LogP contribution >= 0.6 is 22.9 Å². The highest BCUT2D eigenvalue weighted by Crippen LogP contribution is 2.28. The summed E-state index contributed by atoms with van der Waals surface area (Å²) in [6, 6.07) is 5.11. The van der Waals surface area contributed by atoms with Crippen LogP contribution in [0.5, 0.6) is 0 Å². The van der Waals surface area contributed by atoms with Gasteiger partial charge in [0.2, 0.25) is 0 Å². The van der Waals surface area contributed by atoms with Crippen molar-refractivity contribution in [2.24, 2.45) is 5.92 Å². The van der Waals surface area contributed by atoms with E-state index in [0.717, 1.165) is 24.8 Å². The first-order valence-corrected chi connectivity index (χ1v) is 7.47. The van der Waals surface area contributed by atoms with Crippen LogP contribution in [0.25, 0.3) is 0 Å². The summed E-state index contributed by atoms with van der Waals surface area (Å²) in [6.45, 7) is 6.83. The zero-order valence-corrected chi connectivity index (χ0v) is 11.7. The Bertz CT molecular complexity index is 336. The Morgan fingerprint density at radius 2 is 2.19 bits per heavy atom. The molecule has 2 heterocycles. The zero-order valence-electron chi connectivity index (χ0n) is 10.1. The summed E-state index contributed by atoms with van der Waals surface area (Å²) in [5.41, 5.74) is 0. The van der Waals surface area contributed by atoms with E-state index in [4.69, 9.17) is 11.6 Å². The van der Waals surface area contributed by atoms with E-state index in [1.54, 1.807) is 0 Å². The van der Waals surface area contributed by atoms with Gasteiger partial charge in [0.05, 0.1) is 0 Å². The number of rotatable bonds is 4. The van der Waals surface area contributed by atoms with Crippen LogP contribution in [0.1, 0.15) is 30.0 Å². The quantitative estimate of drug-likeness (QED) is 0.743. The van der Waals surface area contributed by atoms with Crippen molar-refractivity contribution in [3.63, 3.8) is 0 Å². The van der Waals surface area contributed by atoms with Crippen LogP contribution in [0.15, 0.2) is 12.1 Å². The van der Waals surface area contributed by atoms with Crippen molar-refractivity contribution in [2.75, 3.05) is 12.4 Å². The maximum atomic E-state index is 6.06. The van der Waals surface area contributed by atoms with E-state index in [2.05, 4.69) is 30.9 Å². The summed E-state index contributed by atoms with van der Waals surface area (Å²) in [5, 5.41) is 0. The molecule has 0 aromatic carbocycles. The summed E-state index contributed by atoms with van der Waals surface area (Å²) in [7, 11) is 0. The van der Waals surface area contributed by atoms with Crippen LogP contribution in [-0.2, 0) is 13.0 Å². The molecule has 90 valence electrons. The molecule has 0 N–H and O–H groups in total. The molecule has 2 atom stereocenters. The van der Waals surface area contributed by atoms with Gasteiger partial charge in [0.15, 0.2) is 0 Å². The van der Waals surface area contributed by atoms with Crippen LogP contribution in [-0.4, -0.2) is 23.4 Å². The average molecular weight is 258 g/mol. The highest BCUT2D eigenvalue weighted by Gasteiger charge is 2.30. The van der Waals surface area contributed by atoms with Gasteiger partial charge in [-0.15, -0.1) is 22.9 Å². The van der Waals surface area contributed by atoms with E-state index < -0.39 is 0 Å². The summed E-state index contributed by atoms with van der Waals surface area (Å²) < 4.78 is 0. The predicted molar refractivity (Wildman–Crippen MR) is 72.4 cm³/mol. The molecule has 1 aromatic heterocycles. The number of halogens is 1. The van der Waals surface area contributed by atoms with E-state index >= 15 is 0 Å². The third kappa shape index (κ3) is 2.61. The molecule has 1 aromatic rings. The van der Waals surface area contributed by atoms with Gasteiger partial charge in [-0.2, -0.15) is 0 Å². The second-order valence-electron chi connectivity index (χ2n) is 4.68. The number of likely N-dealkylation sites (tertiary alicyclic amines) is 1. The number of nitrogens with zero attached hydrogens (tertiary/aromatic N) is 1. The van der Waals surface area contributed by atoms with E-state index in [1.807, 2.05) is 11.3 Å². The lowest BCUT2D eigenvalue weighted by molar-refractivity contribution is 0.244. The largest absolute Gasteiger partial charge is 0.294 e. The van der Waals surface area contributed by atoms with E-state index in [9.17, 15) is 0 Å². The number of hydrogen-bond donors (Lipinski definition) is 0. The molecule has 0 spiro atoms. The van der Waals surface area contributed by atoms with Gasteiger partial charge in [0.25, 0.3) is 0 Å². The van der Waals surface area contributed by atoms with E-state index in [-0.39, 0.29) is 0 Å². The summed E-state index contributed by atoms with van der Waals surface area (Å²) in [5.74, 6) is 1.52. The maximum absolute atomic E-state index is 6.06. The molecule has 1 aliphatic rings. The van der Waals surface area contributed by atoms with E-state index in [1.165, 1.54) is 22.7 Å². The molecule has 2 unspecified atom stereocenters. The minimum Gasteiger partial charge on any atom is -0.294 e. The second kappa shape index (κ2) is 5.52. The van der Waals surface area contributed by atoms with Crippen molar-refractivity contribution in [3.8, 4) is 0 Å². The first kappa shape index (κ1) is 12.4. The molecule has 1 saturated heterocycles. The third-order valence-corrected chi connectivity index (χ3v) is 5.11. The lowest BCUT2D eigenvalue weighted by Gasteiger charge is -2.24. The second-order valence-corrected chi connectivity index (χ2v) is 6.24. The van der Waals surface area contributed by atoms with Gasteiger partial charge >= 0.3 is 0 Å². The van der Waals surface area contributed by atoms with Crippen LogP contribution in [0.4, 0.5) is 0 Å². The van der Waals surface area contributed by atoms with Crippen molar-refractivity contribution >= 4 is 22.9 Å².